The lowest BCUT2D eigenvalue weighted by molar-refractivity contribution is 0.0231. The molecule has 2 nitrogen and oxygen atoms in total. The molecule has 16 heavy (non-hydrogen) atoms. The van der Waals surface area contributed by atoms with E-state index in [2.05, 4.69) is 12.6 Å². The van der Waals surface area contributed by atoms with Crippen LogP contribution in [-0.2, 0) is 4.74 Å². The van der Waals surface area contributed by atoms with E-state index >= 15 is 0 Å². The summed E-state index contributed by atoms with van der Waals surface area (Å²) in [4.78, 5) is 11.8. The number of carbonyl (C=O) groups is 1. The topological polar surface area (TPSA) is 26.3 Å². The maximum atomic E-state index is 11.8. The second-order valence-corrected chi connectivity index (χ2v) is 4.82. The first-order valence-electron chi connectivity index (χ1n) is 5.71. The Balaban J connectivity index is 1.96. The van der Waals surface area contributed by atoms with E-state index in [1.165, 1.54) is 6.42 Å². The highest BCUT2D eigenvalue weighted by molar-refractivity contribution is 7.81. The Hall–Kier alpha value is -0.960. The maximum absolute atomic E-state index is 11.8. The van der Waals surface area contributed by atoms with E-state index < -0.39 is 0 Å². The van der Waals surface area contributed by atoms with Gasteiger partial charge in [0.25, 0.3) is 0 Å². The summed E-state index contributed by atoms with van der Waals surface area (Å²) in [6.45, 7) is 0. The molecule has 1 aliphatic carbocycles. The van der Waals surface area contributed by atoms with Gasteiger partial charge in [-0.15, -0.1) is 0 Å². The molecule has 0 aromatic heterocycles. The van der Waals surface area contributed by atoms with Gasteiger partial charge in [-0.3, -0.25) is 0 Å². The van der Waals surface area contributed by atoms with Crippen molar-refractivity contribution < 1.29 is 9.53 Å². The van der Waals surface area contributed by atoms with Gasteiger partial charge in [0.2, 0.25) is 0 Å². The lowest BCUT2D eigenvalue weighted by Crippen LogP contribution is -2.30. The molecule has 1 aromatic rings. The number of hydrogen-bond donors (Lipinski definition) is 1. The van der Waals surface area contributed by atoms with Crippen LogP contribution in [0.25, 0.3) is 0 Å². The highest BCUT2D eigenvalue weighted by Crippen LogP contribution is 2.25. The van der Waals surface area contributed by atoms with Gasteiger partial charge in [-0.1, -0.05) is 24.6 Å². The largest absolute Gasteiger partial charge is 0.458 e. The first kappa shape index (κ1) is 11.5. The number of carbonyl (C=O) groups excluding carboxylic acids is 1. The van der Waals surface area contributed by atoms with E-state index in [0.29, 0.717) is 5.56 Å². The smallest absolute Gasteiger partial charge is 0.338 e. The van der Waals surface area contributed by atoms with Gasteiger partial charge in [-0.2, -0.15) is 12.6 Å². The average Bonchev–Trinajstić information content (AvgIpc) is 2.33. The molecule has 0 unspecified atom stereocenters. The zero-order valence-electron chi connectivity index (χ0n) is 9.13. The number of benzene rings is 1. The lowest BCUT2D eigenvalue weighted by Gasteiger charge is -2.27. The Morgan fingerprint density at radius 3 is 2.56 bits per heavy atom. The van der Waals surface area contributed by atoms with Crippen molar-refractivity contribution >= 4 is 18.6 Å². The predicted molar refractivity (Wildman–Crippen MR) is 66.9 cm³/mol. The first-order valence-corrected chi connectivity index (χ1v) is 6.23. The van der Waals surface area contributed by atoms with E-state index in [4.69, 9.17) is 4.74 Å². The summed E-state index contributed by atoms with van der Waals surface area (Å²) in [5, 5.41) is 0.196. The van der Waals surface area contributed by atoms with Gasteiger partial charge in [0.15, 0.2) is 0 Å². The van der Waals surface area contributed by atoms with Crippen LogP contribution < -0.4 is 0 Å². The van der Waals surface area contributed by atoms with E-state index in [-0.39, 0.29) is 17.3 Å². The normalized spacial score (nSPS) is 25.1. The number of rotatable bonds is 2. The van der Waals surface area contributed by atoms with Crippen molar-refractivity contribution in [1.82, 2.24) is 0 Å². The van der Waals surface area contributed by atoms with Gasteiger partial charge in [0, 0.05) is 5.25 Å². The zero-order valence-corrected chi connectivity index (χ0v) is 10.0. The molecule has 0 radical (unpaired) electrons. The molecule has 0 saturated heterocycles. The van der Waals surface area contributed by atoms with Crippen LogP contribution in [-0.4, -0.2) is 17.3 Å². The fraction of sp³-hybridized carbons (Fsp3) is 0.462. The molecule has 0 heterocycles. The van der Waals surface area contributed by atoms with Gasteiger partial charge < -0.3 is 4.74 Å². The number of thiol groups is 1. The fourth-order valence-corrected chi connectivity index (χ4v) is 2.39. The average molecular weight is 236 g/mol. The third-order valence-electron chi connectivity index (χ3n) is 2.94. The predicted octanol–water partition coefficient (Wildman–Crippen LogP) is 3.08. The van der Waals surface area contributed by atoms with Gasteiger partial charge in [-0.05, 0) is 31.4 Å². The maximum Gasteiger partial charge on any atom is 0.338 e. The molecule has 0 amide bonds. The Bertz CT molecular complexity index is 350. The molecule has 0 bridgehead atoms. The third-order valence-corrected chi connectivity index (χ3v) is 3.53. The Labute approximate surface area is 101 Å². The van der Waals surface area contributed by atoms with Gasteiger partial charge in [-0.25, -0.2) is 4.79 Å². The quantitative estimate of drug-likeness (QED) is 0.631. The minimum absolute atomic E-state index is 0.0233. The molecule has 3 heteroatoms. The van der Waals surface area contributed by atoms with Gasteiger partial charge in [0.1, 0.15) is 6.10 Å². The van der Waals surface area contributed by atoms with Crippen molar-refractivity contribution in [2.24, 2.45) is 0 Å². The first-order chi connectivity index (χ1) is 7.77. The standard InChI is InChI=1S/C13H16O2S/c14-13(10-6-2-1-3-7-10)15-11-8-4-5-9-12(11)16/h1-3,6-7,11-12,16H,4-5,8-9H2/t11-,12-/m1/s1. The van der Waals surface area contributed by atoms with Crippen molar-refractivity contribution in [1.29, 1.82) is 0 Å². The number of hydrogen-bond acceptors (Lipinski definition) is 3. The van der Waals surface area contributed by atoms with Crippen molar-refractivity contribution in [3.63, 3.8) is 0 Å². The molecule has 0 N–H and O–H groups in total. The molecule has 1 aromatic carbocycles. The van der Waals surface area contributed by atoms with Crippen LogP contribution in [0.2, 0.25) is 0 Å². The molecule has 1 aliphatic rings. The van der Waals surface area contributed by atoms with Crippen molar-refractivity contribution in [2.75, 3.05) is 0 Å². The third kappa shape index (κ3) is 2.79. The molecule has 86 valence electrons. The Morgan fingerprint density at radius 2 is 1.88 bits per heavy atom. The van der Waals surface area contributed by atoms with E-state index in [1.54, 1.807) is 12.1 Å². The highest BCUT2D eigenvalue weighted by atomic mass is 32.1. The molecule has 1 saturated carbocycles. The van der Waals surface area contributed by atoms with Crippen LogP contribution in [0.5, 0.6) is 0 Å². The molecule has 0 aliphatic heterocycles. The molecule has 0 spiro atoms. The van der Waals surface area contributed by atoms with E-state index in [9.17, 15) is 4.79 Å². The van der Waals surface area contributed by atoms with Gasteiger partial charge >= 0.3 is 5.97 Å². The summed E-state index contributed by atoms with van der Waals surface area (Å²) in [5.41, 5.74) is 0.619. The summed E-state index contributed by atoms with van der Waals surface area (Å²) in [6.07, 6.45) is 4.27. The Kier molecular flexibility index (Phi) is 3.88. The lowest BCUT2D eigenvalue weighted by atomic mass is 9.97. The summed E-state index contributed by atoms with van der Waals surface area (Å²) in [7, 11) is 0. The molecular weight excluding hydrogens is 220 g/mol. The monoisotopic (exact) mass is 236 g/mol. The van der Waals surface area contributed by atoms with Crippen LogP contribution in [0, 0.1) is 0 Å². The van der Waals surface area contributed by atoms with Crippen molar-refractivity contribution in [3.05, 3.63) is 35.9 Å². The van der Waals surface area contributed by atoms with Gasteiger partial charge in [0.05, 0.1) is 5.56 Å². The zero-order chi connectivity index (χ0) is 11.4. The van der Waals surface area contributed by atoms with Crippen LogP contribution in [0.15, 0.2) is 30.3 Å². The fourth-order valence-electron chi connectivity index (χ4n) is 1.99. The SMILES string of the molecule is O=C(O[C@@H]1CCCC[C@H]1S)c1ccccc1. The molecule has 2 atom stereocenters. The molecule has 2 rings (SSSR count). The Morgan fingerprint density at radius 1 is 1.19 bits per heavy atom. The molecule has 1 fully saturated rings. The summed E-state index contributed by atoms with van der Waals surface area (Å²) < 4.78 is 5.47. The number of esters is 1. The summed E-state index contributed by atoms with van der Waals surface area (Å²) in [6, 6.07) is 9.13. The van der Waals surface area contributed by atoms with Crippen LogP contribution in [0.1, 0.15) is 36.0 Å². The highest BCUT2D eigenvalue weighted by Gasteiger charge is 2.25. The van der Waals surface area contributed by atoms with Crippen LogP contribution in [0.3, 0.4) is 0 Å². The van der Waals surface area contributed by atoms with E-state index in [0.717, 1.165) is 19.3 Å². The van der Waals surface area contributed by atoms with Crippen molar-refractivity contribution in [2.45, 2.75) is 37.0 Å². The summed E-state index contributed by atoms with van der Waals surface area (Å²) in [5.74, 6) is -0.230. The second-order valence-electron chi connectivity index (χ2n) is 4.16. The van der Waals surface area contributed by atoms with Crippen LogP contribution >= 0.6 is 12.6 Å². The summed E-state index contributed by atoms with van der Waals surface area (Å²) >= 11 is 4.47. The number of ether oxygens (including phenoxy) is 1. The van der Waals surface area contributed by atoms with E-state index in [1.807, 2.05) is 18.2 Å². The molecular formula is C13H16O2S. The minimum Gasteiger partial charge on any atom is -0.458 e. The second kappa shape index (κ2) is 5.39. The minimum atomic E-state index is -0.230. The van der Waals surface area contributed by atoms with Crippen LogP contribution in [0.4, 0.5) is 0 Å². The van der Waals surface area contributed by atoms with Crippen molar-refractivity contribution in [3.8, 4) is 0 Å².